The van der Waals surface area contributed by atoms with Crippen molar-refractivity contribution < 1.29 is 4.74 Å². The summed E-state index contributed by atoms with van der Waals surface area (Å²) >= 11 is 4.87. The van der Waals surface area contributed by atoms with Gasteiger partial charge in [-0.1, -0.05) is 12.2 Å². The highest BCUT2D eigenvalue weighted by atomic mass is 32.1. The van der Waals surface area contributed by atoms with Crippen LogP contribution in [0, 0.1) is 0 Å². The first-order valence-corrected chi connectivity index (χ1v) is 4.64. The lowest BCUT2D eigenvalue weighted by Crippen LogP contribution is -2.16. The molecule has 0 aliphatic carbocycles. The average Bonchev–Trinajstić information content (AvgIpc) is 2.19. The van der Waals surface area contributed by atoms with Crippen molar-refractivity contribution in [3.8, 4) is 0 Å². The zero-order valence-electron chi connectivity index (χ0n) is 7.99. The molecule has 0 radical (unpaired) electrons. The van der Waals surface area contributed by atoms with Gasteiger partial charge in [0, 0.05) is 19.9 Å². The van der Waals surface area contributed by atoms with Gasteiger partial charge < -0.3 is 15.8 Å². The van der Waals surface area contributed by atoms with E-state index in [4.69, 9.17) is 22.7 Å². The molecule has 1 rings (SSSR count). The number of rotatable bonds is 5. The molecule has 5 heteroatoms. The van der Waals surface area contributed by atoms with E-state index in [0.717, 1.165) is 5.69 Å². The summed E-state index contributed by atoms with van der Waals surface area (Å²) in [6.07, 6.45) is 1.66. The van der Waals surface area contributed by atoms with Gasteiger partial charge >= 0.3 is 0 Å². The maximum atomic E-state index is 5.52. The molecule has 0 amide bonds. The summed E-state index contributed by atoms with van der Waals surface area (Å²) in [6, 6.07) is 3.72. The minimum atomic E-state index is 0.297. The van der Waals surface area contributed by atoms with E-state index in [1.165, 1.54) is 0 Å². The second-order valence-corrected chi connectivity index (χ2v) is 3.12. The monoisotopic (exact) mass is 211 g/mol. The molecule has 0 fully saturated rings. The first-order valence-electron chi connectivity index (χ1n) is 4.23. The molecular weight excluding hydrogens is 198 g/mol. The van der Waals surface area contributed by atoms with Crippen molar-refractivity contribution >= 4 is 22.9 Å². The molecule has 0 bridgehead atoms. The van der Waals surface area contributed by atoms with Crippen molar-refractivity contribution in [2.75, 3.05) is 25.6 Å². The second-order valence-electron chi connectivity index (χ2n) is 2.68. The summed E-state index contributed by atoms with van der Waals surface area (Å²) in [6.45, 7) is 1.34. The average molecular weight is 211 g/mol. The Bertz CT molecular complexity index is 317. The number of ether oxygens (including phenoxy) is 1. The fourth-order valence-corrected chi connectivity index (χ4v) is 1.19. The molecule has 0 aliphatic rings. The SMILES string of the molecule is COCCNc1cccnc1C(N)=S. The highest BCUT2D eigenvalue weighted by molar-refractivity contribution is 7.80. The van der Waals surface area contributed by atoms with E-state index in [9.17, 15) is 0 Å². The molecule has 0 saturated carbocycles. The molecule has 14 heavy (non-hydrogen) atoms. The van der Waals surface area contributed by atoms with Crippen LogP contribution in [0.1, 0.15) is 5.69 Å². The summed E-state index contributed by atoms with van der Waals surface area (Å²) < 4.78 is 4.92. The van der Waals surface area contributed by atoms with E-state index in [-0.39, 0.29) is 0 Å². The number of nitrogens with zero attached hydrogens (tertiary/aromatic N) is 1. The van der Waals surface area contributed by atoms with Gasteiger partial charge in [0.05, 0.1) is 12.3 Å². The number of hydrogen-bond donors (Lipinski definition) is 2. The Morgan fingerprint density at radius 2 is 2.50 bits per heavy atom. The Hall–Kier alpha value is -1.20. The van der Waals surface area contributed by atoms with Crippen LogP contribution in [0.4, 0.5) is 5.69 Å². The largest absolute Gasteiger partial charge is 0.388 e. The third kappa shape index (κ3) is 2.93. The smallest absolute Gasteiger partial charge is 0.124 e. The Balaban J connectivity index is 2.69. The number of hydrogen-bond acceptors (Lipinski definition) is 4. The number of nitrogens with one attached hydrogen (secondary N) is 1. The van der Waals surface area contributed by atoms with Gasteiger partial charge in [-0.05, 0) is 12.1 Å². The number of methoxy groups -OCH3 is 1. The van der Waals surface area contributed by atoms with Crippen molar-refractivity contribution in [1.82, 2.24) is 4.98 Å². The standard InChI is InChI=1S/C9H13N3OS/c1-13-6-5-11-7-3-2-4-12-8(7)9(10)14/h2-4,11H,5-6H2,1H3,(H2,10,14). The van der Waals surface area contributed by atoms with E-state index in [0.29, 0.717) is 23.8 Å². The molecule has 1 aromatic heterocycles. The molecule has 0 aromatic carbocycles. The highest BCUT2D eigenvalue weighted by Gasteiger charge is 2.04. The third-order valence-electron chi connectivity index (χ3n) is 1.66. The van der Waals surface area contributed by atoms with Crippen molar-refractivity contribution in [2.24, 2.45) is 5.73 Å². The first-order chi connectivity index (χ1) is 6.75. The fourth-order valence-electron chi connectivity index (χ4n) is 1.03. The number of nitrogens with two attached hydrogens (primary N) is 1. The van der Waals surface area contributed by atoms with E-state index in [1.807, 2.05) is 12.1 Å². The Morgan fingerprint density at radius 1 is 1.71 bits per heavy atom. The zero-order valence-corrected chi connectivity index (χ0v) is 8.80. The van der Waals surface area contributed by atoms with Crippen LogP contribution in [0.5, 0.6) is 0 Å². The van der Waals surface area contributed by atoms with Crippen LogP contribution in [0.15, 0.2) is 18.3 Å². The molecular formula is C9H13N3OS. The fraction of sp³-hybridized carbons (Fsp3) is 0.333. The van der Waals surface area contributed by atoms with Gasteiger partial charge in [-0.25, -0.2) is 0 Å². The Morgan fingerprint density at radius 3 is 3.14 bits per heavy atom. The van der Waals surface area contributed by atoms with Crippen LogP contribution in [-0.2, 0) is 4.74 Å². The minimum absolute atomic E-state index is 0.297. The summed E-state index contributed by atoms with van der Waals surface area (Å²) in [5.41, 5.74) is 6.98. The minimum Gasteiger partial charge on any atom is -0.388 e. The molecule has 4 nitrogen and oxygen atoms in total. The summed E-state index contributed by atoms with van der Waals surface area (Å²) in [5.74, 6) is 0. The van der Waals surface area contributed by atoms with Crippen molar-refractivity contribution in [2.45, 2.75) is 0 Å². The molecule has 0 saturated heterocycles. The molecule has 3 N–H and O–H groups in total. The summed E-state index contributed by atoms with van der Waals surface area (Å²) in [7, 11) is 1.65. The zero-order chi connectivity index (χ0) is 10.4. The normalized spacial score (nSPS) is 9.79. The van der Waals surface area contributed by atoms with Crippen LogP contribution < -0.4 is 11.1 Å². The maximum absolute atomic E-state index is 5.52. The maximum Gasteiger partial charge on any atom is 0.124 e. The number of pyridine rings is 1. The molecule has 76 valence electrons. The molecule has 0 aliphatic heterocycles. The van der Waals surface area contributed by atoms with Crippen molar-refractivity contribution in [3.05, 3.63) is 24.0 Å². The van der Waals surface area contributed by atoms with Crippen LogP contribution in [0.25, 0.3) is 0 Å². The van der Waals surface area contributed by atoms with E-state index in [1.54, 1.807) is 13.3 Å². The van der Waals surface area contributed by atoms with Crippen LogP contribution in [-0.4, -0.2) is 30.2 Å². The van der Waals surface area contributed by atoms with Gasteiger partial charge in [-0.2, -0.15) is 0 Å². The van der Waals surface area contributed by atoms with E-state index >= 15 is 0 Å². The third-order valence-corrected chi connectivity index (χ3v) is 1.86. The lowest BCUT2D eigenvalue weighted by atomic mass is 10.3. The molecule has 1 heterocycles. The molecule has 0 atom stereocenters. The predicted octanol–water partition coefficient (Wildman–Crippen LogP) is 0.774. The van der Waals surface area contributed by atoms with Crippen LogP contribution in [0.3, 0.4) is 0 Å². The molecule has 1 aromatic rings. The Labute approximate surface area is 88.5 Å². The van der Waals surface area contributed by atoms with Crippen molar-refractivity contribution in [3.63, 3.8) is 0 Å². The van der Waals surface area contributed by atoms with Gasteiger partial charge in [0.2, 0.25) is 0 Å². The Kier molecular flexibility index (Phi) is 4.28. The van der Waals surface area contributed by atoms with Gasteiger partial charge in [-0.3, -0.25) is 4.98 Å². The first kappa shape index (κ1) is 10.9. The highest BCUT2D eigenvalue weighted by Crippen LogP contribution is 2.10. The lowest BCUT2D eigenvalue weighted by Gasteiger charge is -2.08. The summed E-state index contributed by atoms with van der Waals surface area (Å²) in [4.78, 5) is 4.38. The van der Waals surface area contributed by atoms with E-state index < -0.39 is 0 Å². The van der Waals surface area contributed by atoms with Gasteiger partial charge in [-0.15, -0.1) is 0 Å². The predicted molar refractivity (Wildman–Crippen MR) is 60.5 cm³/mol. The lowest BCUT2D eigenvalue weighted by molar-refractivity contribution is 0.211. The number of aromatic nitrogens is 1. The van der Waals surface area contributed by atoms with Gasteiger partial charge in [0.1, 0.15) is 10.7 Å². The quantitative estimate of drug-likeness (QED) is 0.556. The van der Waals surface area contributed by atoms with Crippen LogP contribution >= 0.6 is 12.2 Å². The second kappa shape index (κ2) is 5.51. The van der Waals surface area contributed by atoms with E-state index in [2.05, 4.69) is 10.3 Å². The molecule has 0 unspecified atom stereocenters. The number of anilines is 1. The van der Waals surface area contributed by atoms with Gasteiger partial charge in [0.25, 0.3) is 0 Å². The van der Waals surface area contributed by atoms with Crippen LogP contribution in [0.2, 0.25) is 0 Å². The van der Waals surface area contributed by atoms with Crippen molar-refractivity contribution in [1.29, 1.82) is 0 Å². The summed E-state index contributed by atoms with van der Waals surface area (Å²) in [5, 5.41) is 3.14. The number of thiocarbonyl (C=S) groups is 1. The van der Waals surface area contributed by atoms with Gasteiger partial charge in [0.15, 0.2) is 0 Å². The topological polar surface area (TPSA) is 60.2 Å². The molecule has 0 spiro atoms.